The summed E-state index contributed by atoms with van der Waals surface area (Å²) in [6.07, 6.45) is 3.63. The standard InChI is InChI=1S/C12H12BrNO/c1-12(2)7-8-15-11(14-12)9-5-3-4-6-10(9)13/h3-8H,1-2H3. The van der Waals surface area contributed by atoms with Gasteiger partial charge in [0.15, 0.2) is 0 Å². The van der Waals surface area contributed by atoms with Crippen LogP contribution < -0.4 is 0 Å². The lowest BCUT2D eigenvalue weighted by atomic mass is 10.1. The number of hydrogen-bond donors (Lipinski definition) is 0. The van der Waals surface area contributed by atoms with Crippen molar-refractivity contribution < 1.29 is 4.74 Å². The fourth-order valence-corrected chi connectivity index (χ4v) is 1.80. The summed E-state index contributed by atoms with van der Waals surface area (Å²) in [7, 11) is 0. The Bertz CT molecular complexity index is 435. The third kappa shape index (κ3) is 2.29. The van der Waals surface area contributed by atoms with Gasteiger partial charge in [-0.15, -0.1) is 0 Å². The molecule has 0 saturated carbocycles. The van der Waals surface area contributed by atoms with Crippen molar-refractivity contribution in [3.05, 3.63) is 46.6 Å². The molecule has 0 fully saturated rings. The smallest absolute Gasteiger partial charge is 0.223 e. The Morgan fingerprint density at radius 2 is 2.00 bits per heavy atom. The number of rotatable bonds is 1. The van der Waals surface area contributed by atoms with E-state index in [2.05, 4.69) is 20.9 Å². The van der Waals surface area contributed by atoms with Gasteiger partial charge in [0.2, 0.25) is 5.90 Å². The predicted octanol–water partition coefficient (Wildman–Crippen LogP) is 3.52. The molecule has 1 aromatic carbocycles. The first-order valence-electron chi connectivity index (χ1n) is 4.78. The molecule has 0 spiro atoms. The van der Waals surface area contributed by atoms with Crippen molar-refractivity contribution in [3.63, 3.8) is 0 Å². The van der Waals surface area contributed by atoms with Crippen molar-refractivity contribution in [1.29, 1.82) is 0 Å². The summed E-state index contributed by atoms with van der Waals surface area (Å²) < 4.78 is 6.42. The van der Waals surface area contributed by atoms with Gasteiger partial charge in [-0.05, 0) is 48.0 Å². The molecule has 0 atom stereocenters. The van der Waals surface area contributed by atoms with Gasteiger partial charge in [-0.1, -0.05) is 12.1 Å². The normalized spacial score (nSPS) is 18.2. The van der Waals surface area contributed by atoms with E-state index in [9.17, 15) is 0 Å². The molecule has 1 aliphatic heterocycles. The number of ether oxygens (including phenoxy) is 1. The van der Waals surface area contributed by atoms with Crippen LogP contribution >= 0.6 is 15.9 Å². The Hall–Kier alpha value is -1.09. The summed E-state index contributed by atoms with van der Waals surface area (Å²) in [5, 5.41) is 0. The summed E-state index contributed by atoms with van der Waals surface area (Å²) in [5.41, 5.74) is 0.790. The Balaban J connectivity index is 2.41. The van der Waals surface area contributed by atoms with E-state index in [4.69, 9.17) is 4.74 Å². The highest BCUT2D eigenvalue weighted by Gasteiger charge is 2.20. The van der Waals surface area contributed by atoms with E-state index >= 15 is 0 Å². The predicted molar refractivity (Wildman–Crippen MR) is 65.0 cm³/mol. The SMILES string of the molecule is CC1(C)C=COC(c2ccccc2Br)=N1. The van der Waals surface area contributed by atoms with Crippen molar-refractivity contribution in [2.75, 3.05) is 0 Å². The number of hydrogen-bond acceptors (Lipinski definition) is 2. The third-order valence-electron chi connectivity index (χ3n) is 2.15. The van der Waals surface area contributed by atoms with E-state index in [0.717, 1.165) is 10.0 Å². The van der Waals surface area contributed by atoms with Crippen LogP contribution in [0.4, 0.5) is 0 Å². The van der Waals surface area contributed by atoms with Crippen molar-refractivity contribution in [3.8, 4) is 0 Å². The first-order chi connectivity index (χ1) is 7.08. The highest BCUT2D eigenvalue weighted by atomic mass is 79.9. The van der Waals surface area contributed by atoms with Crippen LogP contribution in [0, 0.1) is 0 Å². The van der Waals surface area contributed by atoms with Gasteiger partial charge >= 0.3 is 0 Å². The first kappa shape index (κ1) is 10.4. The second-order valence-electron chi connectivity index (χ2n) is 3.97. The molecule has 0 radical (unpaired) electrons. The summed E-state index contributed by atoms with van der Waals surface area (Å²) in [6, 6.07) is 7.90. The van der Waals surface area contributed by atoms with Crippen molar-refractivity contribution >= 4 is 21.8 Å². The molecule has 2 rings (SSSR count). The van der Waals surface area contributed by atoms with Crippen LogP contribution in [0.3, 0.4) is 0 Å². The van der Waals surface area contributed by atoms with Crippen molar-refractivity contribution in [1.82, 2.24) is 0 Å². The lowest BCUT2D eigenvalue weighted by molar-refractivity contribution is 0.429. The highest BCUT2D eigenvalue weighted by molar-refractivity contribution is 9.10. The zero-order valence-electron chi connectivity index (χ0n) is 8.70. The average Bonchev–Trinajstić information content (AvgIpc) is 2.17. The van der Waals surface area contributed by atoms with Gasteiger partial charge < -0.3 is 4.74 Å². The third-order valence-corrected chi connectivity index (χ3v) is 2.84. The van der Waals surface area contributed by atoms with E-state index in [1.165, 1.54) is 0 Å². The molecule has 1 aromatic rings. The number of nitrogens with zero attached hydrogens (tertiary/aromatic N) is 1. The van der Waals surface area contributed by atoms with Gasteiger partial charge in [-0.25, -0.2) is 4.99 Å². The second kappa shape index (κ2) is 3.81. The van der Waals surface area contributed by atoms with Gasteiger partial charge in [0, 0.05) is 4.47 Å². The summed E-state index contributed by atoms with van der Waals surface area (Å²) >= 11 is 3.48. The maximum absolute atomic E-state index is 5.42. The number of aliphatic imine (C=N–C) groups is 1. The largest absolute Gasteiger partial charge is 0.447 e. The second-order valence-corrected chi connectivity index (χ2v) is 4.83. The Kier molecular flexibility index (Phi) is 2.65. The maximum atomic E-state index is 5.42. The van der Waals surface area contributed by atoms with Gasteiger partial charge in [0.1, 0.15) is 0 Å². The van der Waals surface area contributed by atoms with Crippen LogP contribution in [0.25, 0.3) is 0 Å². The van der Waals surface area contributed by atoms with Crippen LogP contribution in [-0.2, 0) is 4.74 Å². The minimum Gasteiger partial charge on any atom is -0.447 e. The molecule has 3 heteroatoms. The van der Waals surface area contributed by atoms with E-state index in [1.807, 2.05) is 44.2 Å². The summed E-state index contributed by atoms with van der Waals surface area (Å²) in [6.45, 7) is 4.09. The Morgan fingerprint density at radius 1 is 1.27 bits per heavy atom. The quantitative estimate of drug-likeness (QED) is 0.762. The molecular formula is C12H12BrNO. The molecule has 0 bridgehead atoms. The molecular weight excluding hydrogens is 254 g/mol. The van der Waals surface area contributed by atoms with Crippen LogP contribution in [-0.4, -0.2) is 11.4 Å². The number of benzene rings is 1. The molecule has 15 heavy (non-hydrogen) atoms. The zero-order chi connectivity index (χ0) is 10.9. The van der Waals surface area contributed by atoms with Crippen LogP contribution in [0.2, 0.25) is 0 Å². The monoisotopic (exact) mass is 265 g/mol. The summed E-state index contributed by atoms with van der Waals surface area (Å²) in [4.78, 5) is 4.52. The van der Waals surface area contributed by atoms with Crippen LogP contribution in [0.5, 0.6) is 0 Å². The maximum Gasteiger partial charge on any atom is 0.223 e. The van der Waals surface area contributed by atoms with Crippen LogP contribution in [0.1, 0.15) is 19.4 Å². The molecule has 0 aromatic heterocycles. The minimum absolute atomic E-state index is 0.192. The topological polar surface area (TPSA) is 21.6 Å². The van der Waals surface area contributed by atoms with E-state index < -0.39 is 0 Å². The van der Waals surface area contributed by atoms with Crippen LogP contribution in [0.15, 0.2) is 46.1 Å². The van der Waals surface area contributed by atoms with Gasteiger partial charge in [-0.2, -0.15) is 0 Å². The van der Waals surface area contributed by atoms with E-state index in [0.29, 0.717) is 5.90 Å². The molecule has 1 aliphatic rings. The summed E-state index contributed by atoms with van der Waals surface area (Å²) in [5.74, 6) is 0.662. The first-order valence-corrected chi connectivity index (χ1v) is 5.57. The lowest BCUT2D eigenvalue weighted by Gasteiger charge is -2.21. The fourth-order valence-electron chi connectivity index (χ4n) is 1.35. The molecule has 1 heterocycles. The zero-order valence-corrected chi connectivity index (χ0v) is 10.3. The molecule has 0 amide bonds. The number of halogens is 1. The molecule has 0 aliphatic carbocycles. The fraction of sp³-hybridized carbons (Fsp3) is 0.250. The minimum atomic E-state index is -0.192. The van der Waals surface area contributed by atoms with Crippen molar-refractivity contribution in [2.24, 2.45) is 4.99 Å². The molecule has 2 nitrogen and oxygen atoms in total. The Labute approximate surface area is 97.8 Å². The highest BCUT2D eigenvalue weighted by Crippen LogP contribution is 2.23. The lowest BCUT2D eigenvalue weighted by Crippen LogP contribution is -2.21. The van der Waals surface area contributed by atoms with Crippen molar-refractivity contribution in [2.45, 2.75) is 19.4 Å². The van der Waals surface area contributed by atoms with Gasteiger partial charge in [0.25, 0.3) is 0 Å². The molecule has 78 valence electrons. The van der Waals surface area contributed by atoms with Gasteiger partial charge in [0.05, 0.1) is 17.4 Å². The molecule has 0 N–H and O–H groups in total. The van der Waals surface area contributed by atoms with E-state index in [-0.39, 0.29) is 5.54 Å². The molecule has 0 saturated heterocycles. The van der Waals surface area contributed by atoms with Gasteiger partial charge in [-0.3, -0.25) is 0 Å². The average molecular weight is 266 g/mol. The van der Waals surface area contributed by atoms with E-state index in [1.54, 1.807) is 6.26 Å². The Morgan fingerprint density at radius 3 is 2.67 bits per heavy atom. The molecule has 0 unspecified atom stereocenters.